The van der Waals surface area contributed by atoms with E-state index in [-0.39, 0.29) is 0 Å². The van der Waals surface area contributed by atoms with Gasteiger partial charge < -0.3 is 0 Å². The van der Waals surface area contributed by atoms with Crippen LogP contribution in [0, 0.1) is 6.42 Å². The smallest absolute Gasteiger partial charge is 0.00557 e. The molecule has 0 aliphatic rings. The second-order valence-electron chi connectivity index (χ2n) is 3.72. The number of allylic oxidation sites excluding steroid dienone is 1. The van der Waals surface area contributed by atoms with Gasteiger partial charge in [0.2, 0.25) is 0 Å². The standard InChI is InChI=1S/C16H15/c1-2-3-7-14-10-12-16(13-11-14)15-8-5-4-6-9-15/h2,4-13H,1,3H2. The van der Waals surface area contributed by atoms with Crippen LogP contribution in [0.15, 0.2) is 67.3 Å². The lowest BCUT2D eigenvalue weighted by Crippen LogP contribution is -1.81. The van der Waals surface area contributed by atoms with Gasteiger partial charge in [-0.2, -0.15) is 0 Å². The fourth-order valence-electron chi connectivity index (χ4n) is 1.66. The molecule has 0 saturated carbocycles. The van der Waals surface area contributed by atoms with E-state index in [1.165, 1.54) is 16.7 Å². The molecular formula is C16H15. The molecule has 0 aliphatic heterocycles. The molecule has 16 heavy (non-hydrogen) atoms. The molecule has 2 rings (SSSR count). The van der Waals surface area contributed by atoms with Gasteiger partial charge in [0.15, 0.2) is 0 Å². The lowest BCUT2D eigenvalue weighted by molar-refractivity contribution is 1.25. The number of hydrogen-bond acceptors (Lipinski definition) is 0. The summed E-state index contributed by atoms with van der Waals surface area (Å²) in [6, 6.07) is 19.0. The zero-order valence-electron chi connectivity index (χ0n) is 9.27. The van der Waals surface area contributed by atoms with Crippen LogP contribution in [0.4, 0.5) is 0 Å². The Morgan fingerprint density at radius 2 is 1.44 bits per heavy atom. The van der Waals surface area contributed by atoms with E-state index in [0.29, 0.717) is 0 Å². The molecule has 1 radical (unpaired) electrons. The van der Waals surface area contributed by atoms with Crippen molar-refractivity contribution in [3.8, 4) is 11.1 Å². The highest BCUT2D eigenvalue weighted by Gasteiger charge is 1.96. The van der Waals surface area contributed by atoms with E-state index in [9.17, 15) is 0 Å². The Kier molecular flexibility index (Phi) is 3.55. The van der Waals surface area contributed by atoms with Gasteiger partial charge in [-0.15, -0.1) is 6.58 Å². The van der Waals surface area contributed by atoms with E-state index in [1.54, 1.807) is 0 Å². The molecule has 0 heteroatoms. The van der Waals surface area contributed by atoms with Gasteiger partial charge in [-0.05, 0) is 29.5 Å². The molecule has 0 saturated heterocycles. The fourth-order valence-corrected chi connectivity index (χ4v) is 1.66. The molecule has 0 amide bonds. The summed E-state index contributed by atoms with van der Waals surface area (Å²) in [4.78, 5) is 0. The normalized spacial score (nSPS) is 10.0. The predicted molar refractivity (Wildman–Crippen MR) is 70.1 cm³/mol. The minimum absolute atomic E-state index is 0.921. The maximum absolute atomic E-state index is 3.71. The maximum atomic E-state index is 3.71. The molecule has 0 fully saturated rings. The van der Waals surface area contributed by atoms with E-state index in [2.05, 4.69) is 61.5 Å². The number of rotatable bonds is 4. The Balaban J connectivity index is 2.16. The predicted octanol–water partition coefficient (Wildman–Crippen LogP) is 4.48. The van der Waals surface area contributed by atoms with Crippen molar-refractivity contribution in [1.29, 1.82) is 0 Å². The van der Waals surface area contributed by atoms with E-state index in [1.807, 2.05) is 12.1 Å². The summed E-state index contributed by atoms with van der Waals surface area (Å²) in [5.74, 6) is 0. The third-order valence-electron chi connectivity index (χ3n) is 2.54. The second kappa shape index (κ2) is 5.32. The van der Waals surface area contributed by atoms with E-state index < -0.39 is 0 Å². The molecule has 2 aromatic rings. The monoisotopic (exact) mass is 207 g/mol. The van der Waals surface area contributed by atoms with Crippen molar-refractivity contribution in [2.24, 2.45) is 0 Å². The van der Waals surface area contributed by atoms with Gasteiger partial charge in [-0.1, -0.05) is 60.7 Å². The molecule has 0 unspecified atom stereocenters. The molecule has 0 aliphatic carbocycles. The summed E-state index contributed by atoms with van der Waals surface area (Å²) in [5.41, 5.74) is 3.77. The van der Waals surface area contributed by atoms with Crippen LogP contribution in [0.2, 0.25) is 0 Å². The highest BCUT2D eigenvalue weighted by Crippen LogP contribution is 2.19. The highest BCUT2D eigenvalue weighted by molar-refractivity contribution is 5.63. The summed E-state index contributed by atoms with van der Waals surface area (Å²) < 4.78 is 0. The fraction of sp³-hybridized carbons (Fsp3) is 0.0625. The third kappa shape index (κ3) is 2.60. The zero-order chi connectivity index (χ0) is 11.2. The van der Waals surface area contributed by atoms with Crippen molar-refractivity contribution in [1.82, 2.24) is 0 Å². The van der Waals surface area contributed by atoms with Gasteiger partial charge in [0.25, 0.3) is 0 Å². The lowest BCUT2D eigenvalue weighted by atomic mass is 10.0. The van der Waals surface area contributed by atoms with Crippen LogP contribution in [0.5, 0.6) is 0 Å². The van der Waals surface area contributed by atoms with Crippen LogP contribution in [-0.4, -0.2) is 0 Å². The van der Waals surface area contributed by atoms with Crippen molar-refractivity contribution < 1.29 is 0 Å². The van der Waals surface area contributed by atoms with Crippen molar-refractivity contribution in [2.75, 3.05) is 0 Å². The largest absolute Gasteiger partial charge is 0.103 e. The first kappa shape index (κ1) is 10.7. The average Bonchev–Trinajstić information content (AvgIpc) is 2.38. The first-order valence-electron chi connectivity index (χ1n) is 5.50. The Morgan fingerprint density at radius 3 is 2.06 bits per heavy atom. The Morgan fingerprint density at radius 1 is 0.812 bits per heavy atom. The van der Waals surface area contributed by atoms with Gasteiger partial charge in [0.05, 0.1) is 0 Å². The van der Waals surface area contributed by atoms with Crippen LogP contribution in [0.1, 0.15) is 12.0 Å². The van der Waals surface area contributed by atoms with Crippen LogP contribution in [0.3, 0.4) is 0 Å². The Bertz CT molecular complexity index is 437. The van der Waals surface area contributed by atoms with E-state index >= 15 is 0 Å². The van der Waals surface area contributed by atoms with Crippen LogP contribution in [0.25, 0.3) is 11.1 Å². The van der Waals surface area contributed by atoms with Gasteiger partial charge in [0.1, 0.15) is 0 Å². The molecule has 0 bridgehead atoms. The molecule has 2 aromatic carbocycles. The molecule has 0 N–H and O–H groups in total. The Labute approximate surface area is 97.3 Å². The summed E-state index contributed by atoms with van der Waals surface area (Å²) in [6.45, 7) is 3.71. The van der Waals surface area contributed by atoms with Crippen molar-refractivity contribution >= 4 is 0 Å². The molecule has 0 aromatic heterocycles. The average molecular weight is 207 g/mol. The van der Waals surface area contributed by atoms with Crippen LogP contribution >= 0.6 is 0 Å². The van der Waals surface area contributed by atoms with Gasteiger partial charge in [0, 0.05) is 0 Å². The van der Waals surface area contributed by atoms with Crippen molar-refractivity contribution in [3.63, 3.8) is 0 Å². The van der Waals surface area contributed by atoms with E-state index in [4.69, 9.17) is 0 Å². The lowest BCUT2D eigenvalue weighted by Gasteiger charge is -2.03. The molecule has 0 nitrogen and oxygen atoms in total. The number of benzene rings is 2. The SMILES string of the molecule is C=CC[CH]c1ccc(-c2ccccc2)cc1. The van der Waals surface area contributed by atoms with Crippen molar-refractivity contribution in [2.45, 2.75) is 6.42 Å². The van der Waals surface area contributed by atoms with Gasteiger partial charge in [-0.25, -0.2) is 0 Å². The quantitative estimate of drug-likeness (QED) is 0.648. The van der Waals surface area contributed by atoms with Crippen LogP contribution in [-0.2, 0) is 0 Å². The first-order valence-corrected chi connectivity index (χ1v) is 5.50. The minimum atomic E-state index is 0.921. The van der Waals surface area contributed by atoms with E-state index in [0.717, 1.165) is 6.42 Å². The Hall–Kier alpha value is -1.82. The molecule has 0 atom stereocenters. The summed E-state index contributed by atoms with van der Waals surface area (Å²) >= 11 is 0. The maximum Gasteiger partial charge on any atom is -0.00557 e. The topological polar surface area (TPSA) is 0 Å². The molecule has 0 heterocycles. The van der Waals surface area contributed by atoms with Gasteiger partial charge >= 0.3 is 0 Å². The van der Waals surface area contributed by atoms with Crippen LogP contribution < -0.4 is 0 Å². The minimum Gasteiger partial charge on any atom is -0.103 e. The summed E-state index contributed by atoms with van der Waals surface area (Å²) in [7, 11) is 0. The molecule has 0 spiro atoms. The summed E-state index contributed by atoms with van der Waals surface area (Å²) in [5, 5.41) is 0. The highest BCUT2D eigenvalue weighted by atomic mass is 14.0. The molecular weight excluding hydrogens is 192 g/mol. The first-order chi connectivity index (χ1) is 7.90. The number of hydrogen-bond donors (Lipinski definition) is 0. The van der Waals surface area contributed by atoms with Gasteiger partial charge in [-0.3, -0.25) is 0 Å². The summed E-state index contributed by atoms with van der Waals surface area (Å²) in [6.07, 6.45) is 5.00. The second-order valence-corrected chi connectivity index (χ2v) is 3.72. The molecule has 79 valence electrons. The van der Waals surface area contributed by atoms with Crippen molar-refractivity contribution in [3.05, 3.63) is 79.2 Å². The zero-order valence-corrected chi connectivity index (χ0v) is 9.27. The third-order valence-corrected chi connectivity index (χ3v) is 2.54.